The van der Waals surface area contributed by atoms with Gasteiger partial charge in [0, 0.05) is 30.0 Å². The van der Waals surface area contributed by atoms with Crippen LogP contribution in [0.2, 0.25) is 0 Å². The molecule has 0 amide bonds. The van der Waals surface area contributed by atoms with Gasteiger partial charge in [-0.3, -0.25) is 9.88 Å². The fourth-order valence-corrected chi connectivity index (χ4v) is 2.45. The molecule has 2 nitrogen and oxygen atoms in total. The Morgan fingerprint density at radius 1 is 1.29 bits per heavy atom. The van der Waals surface area contributed by atoms with Crippen molar-refractivity contribution in [3.63, 3.8) is 0 Å². The number of hydrogen-bond donors (Lipinski definition) is 0. The number of nitrogens with zero attached hydrogens (tertiary/aromatic N) is 2. The minimum absolute atomic E-state index is 1.01. The van der Waals surface area contributed by atoms with Crippen molar-refractivity contribution in [1.29, 1.82) is 0 Å². The molecule has 0 saturated heterocycles. The second-order valence-corrected chi connectivity index (χ2v) is 4.88. The highest BCUT2D eigenvalue weighted by molar-refractivity contribution is 9.09. The van der Waals surface area contributed by atoms with E-state index in [9.17, 15) is 0 Å². The smallest absolute Gasteiger partial charge is 0.0702 e. The van der Waals surface area contributed by atoms with Crippen LogP contribution < -0.4 is 0 Å². The maximum absolute atomic E-state index is 4.34. The van der Waals surface area contributed by atoms with Crippen LogP contribution in [0.1, 0.15) is 12.5 Å². The van der Waals surface area contributed by atoms with Gasteiger partial charge >= 0.3 is 0 Å². The molecule has 0 aliphatic carbocycles. The Bertz CT molecular complexity index is 484. The fraction of sp³-hybridized carbons (Fsp3) is 0.357. The predicted octanol–water partition coefficient (Wildman–Crippen LogP) is 3.45. The quantitative estimate of drug-likeness (QED) is 0.785. The van der Waals surface area contributed by atoms with Crippen LogP contribution in [0.3, 0.4) is 0 Å². The highest BCUT2D eigenvalue weighted by Gasteiger charge is 2.03. The van der Waals surface area contributed by atoms with Gasteiger partial charge in [-0.25, -0.2) is 0 Å². The average Bonchev–Trinajstić information content (AvgIpc) is 2.38. The molecule has 1 aromatic carbocycles. The molecule has 0 aliphatic heterocycles. The van der Waals surface area contributed by atoms with Crippen molar-refractivity contribution < 1.29 is 0 Å². The lowest BCUT2D eigenvalue weighted by atomic mass is 10.1. The van der Waals surface area contributed by atoms with Crippen molar-refractivity contribution in [3.05, 3.63) is 42.1 Å². The third-order valence-electron chi connectivity index (χ3n) is 2.92. The van der Waals surface area contributed by atoms with Gasteiger partial charge in [-0.05, 0) is 30.3 Å². The molecule has 17 heavy (non-hydrogen) atoms. The number of benzene rings is 1. The number of fused-ring (bicyclic) bond motifs is 1. The minimum atomic E-state index is 1.01. The normalized spacial score (nSPS) is 11.2. The summed E-state index contributed by atoms with van der Waals surface area (Å²) in [5, 5.41) is 2.25. The van der Waals surface area contributed by atoms with Crippen LogP contribution in [0.25, 0.3) is 10.9 Å². The lowest BCUT2D eigenvalue weighted by molar-refractivity contribution is 0.299. The van der Waals surface area contributed by atoms with E-state index in [2.05, 4.69) is 57.0 Å². The maximum Gasteiger partial charge on any atom is 0.0702 e. The Morgan fingerprint density at radius 3 is 2.94 bits per heavy atom. The van der Waals surface area contributed by atoms with E-state index in [1.807, 2.05) is 12.3 Å². The van der Waals surface area contributed by atoms with E-state index in [0.717, 1.165) is 30.5 Å². The largest absolute Gasteiger partial charge is 0.299 e. The molecule has 3 heteroatoms. The van der Waals surface area contributed by atoms with Crippen LogP contribution in [-0.2, 0) is 6.54 Å². The summed E-state index contributed by atoms with van der Waals surface area (Å²) in [6.45, 7) is 5.37. The summed E-state index contributed by atoms with van der Waals surface area (Å²) in [5.74, 6) is 0. The van der Waals surface area contributed by atoms with Crippen LogP contribution >= 0.6 is 15.9 Å². The number of halogens is 1. The molecule has 0 bridgehead atoms. The first-order valence-corrected chi connectivity index (χ1v) is 7.07. The van der Waals surface area contributed by atoms with E-state index >= 15 is 0 Å². The first-order chi connectivity index (χ1) is 8.33. The highest BCUT2D eigenvalue weighted by atomic mass is 79.9. The molecule has 2 rings (SSSR count). The van der Waals surface area contributed by atoms with Crippen molar-refractivity contribution >= 4 is 26.8 Å². The number of rotatable bonds is 5. The number of aromatic nitrogens is 1. The van der Waals surface area contributed by atoms with Crippen molar-refractivity contribution in [3.8, 4) is 0 Å². The molecular formula is C14H17BrN2. The van der Waals surface area contributed by atoms with Gasteiger partial charge in [0.2, 0.25) is 0 Å². The zero-order valence-corrected chi connectivity index (χ0v) is 11.7. The predicted molar refractivity (Wildman–Crippen MR) is 76.5 cm³/mol. The first-order valence-electron chi connectivity index (χ1n) is 5.95. The number of hydrogen-bond acceptors (Lipinski definition) is 2. The monoisotopic (exact) mass is 292 g/mol. The van der Waals surface area contributed by atoms with Gasteiger partial charge in [-0.15, -0.1) is 0 Å². The molecule has 1 aromatic heterocycles. The highest BCUT2D eigenvalue weighted by Crippen LogP contribution is 2.14. The summed E-state index contributed by atoms with van der Waals surface area (Å²) in [6, 6.07) is 10.6. The van der Waals surface area contributed by atoms with Crippen molar-refractivity contribution in [2.24, 2.45) is 0 Å². The summed E-state index contributed by atoms with van der Waals surface area (Å²) in [7, 11) is 0. The van der Waals surface area contributed by atoms with Gasteiger partial charge < -0.3 is 0 Å². The lowest BCUT2D eigenvalue weighted by Gasteiger charge is -2.19. The van der Waals surface area contributed by atoms with Gasteiger partial charge in [0.05, 0.1) is 5.52 Å². The van der Waals surface area contributed by atoms with Crippen LogP contribution in [-0.4, -0.2) is 28.3 Å². The average molecular weight is 293 g/mol. The molecule has 0 unspecified atom stereocenters. The number of pyridine rings is 1. The van der Waals surface area contributed by atoms with E-state index in [1.165, 1.54) is 10.9 Å². The van der Waals surface area contributed by atoms with Gasteiger partial charge in [0.25, 0.3) is 0 Å². The second-order valence-electron chi connectivity index (χ2n) is 4.09. The minimum Gasteiger partial charge on any atom is -0.299 e. The standard InChI is InChI=1S/C14H17BrN2/c1-2-17(9-7-15)11-12-5-6-14-13(10-12)4-3-8-16-14/h3-6,8,10H,2,7,9,11H2,1H3. The van der Waals surface area contributed by atoms with E-state index in [-0.39, 0.29) is 0 Å². The Morgan fingerprint density at radius 2 is 2.18 bits per heavy atom. The second kappa shape index (κ2) is 6.12. The van der Waals surface area contributed by atoms with Crippen LogP contribution in [0, 0.1) is 0 Å². The summed E-state index contributed by atoms with van der Waals surface area (Å²) < 4.78 is 0. The Labute approximate surface area is 111 Å². The lowest BCUT2D eigenvalue weighted by Crippen LogP contribution is -2.24. The number of alkyl halides is 1. The molecule has 2 aromatic rings. The SMILES string of the molecule is CCN(CCBr)Cc1ccc2ncccc2c1. The summed E-state index contributed by atoms with van der Waals surface area (Å²) in [4.78, 5) is 6.76. The van der Waals surface area contributed by atoms with Crippen LogP contribution in [0.4, 0.5) is 0 Å². The third-order valence-corrected chi connectivity index (χ3v) is 3.28. The zero-order chi connectivity index (χ0) is 12.1. The topological polar surface area (TPSA) is 16.1 Å². The van der Waals surface area contributed by atoms with Crippen molar-refractivity contribution in [2.45, 2.75) is 13.5 Å². The summed E-state index contributed by atoms with van der Waals surface area (Å²) in [6.07, 6.45) is 1.84. The van der Waals surface area contributed by atoms with Crippen molar-refractivity contribution in [1.82, 2.24) is 9.88 Å². The summed E-state index contributed by atoms with van der Waals surface area (Å²) in [5.41, 5.74) is 2.42. The Kier molecular flexibility index (Phi) is 4.51. The first kappa shape index (κ1) is 12.5. The molecule has 0 saturated carbocycles. The van der Waals surface area contributed by atoms with E-state index < -0.39 is 0 Å². The van der Waals surface area contributed by atoms with Crippen molar-refractivity contribution in [2.75, 3.05) is 18.4 Å². The molecule has 0 N–H and O–H groups in total. The molecular weight excluding hydrogens is 276 g/mol. The molecule has 90 valence electrons. The van der Waals surface area contributed by atoms with E-state index in [1.54, 1.807) is 0 Å². The summed E-state index contributed by atoms with van der Waals surface area (Å²) >= 11 is 3.49. The Balaban J connectivity index is 2.18. The van der Waals surface area contributed by atoms with Gasteiger partial charge in [0.1, 0.15) is 0 Å². The zero-order valence-electron chi connectivity index (χ0n) is 10.1. The maximum atomic E-state index is 4.34. The van der Waals surface area contributed by atoms with E-state index in [4.69, 9.17) is 0 Å². The van der Waals surface area contributed by atoms with Gasteiger partial charge in [-0.1, -0.05) is 35.0 Å². The van der Waals surface area contributed by atoms with Crippen LogP contribution in [0.5, 0.6) is 0 Å². The molecule has 0 radical (unpaired) electrons. The van der Waals surface area contributed by atoms with Crippen LogP contribution in [0.15, 0.2) is 36.5 Å². The molecule has 0 atom stereocenters. The van der Waals surface area contributed by atoms with Gasteiger partial charge in [-0.2, -0.15) is 0 Å². The molecule has 0 aliphatic rings. The fourth-order valence-electron chi connectivity index (χ4n) is 1.95. The van der Waals surface area contributed by atoms with E-state index in [0.29, 0.717) is 0 Å². The molecule has 0 fully saturated rings. The third kappa shape index (κ3) is 3.27. The molecule has 1 heterocycles. The van der Waals surface area contributed by atoms with Gasteiger partial charge in [0.15, 0.2) is 0 Å². The Hall–Kier alpha value is -0.930. The molecule has 0 spiro atoms.